The third-order valence-corrected chi connectivity index (χ3v) is 5.80. The Kier molecular flexibility index (Phi) is 5.77. The van der Waals surface area contributed by atoms with E-state index in [0.717, 1.165) is 5.56 Å². The number of benzene rings is 1. The number of aryl methyl sites for hydroxylation is 2. The second-order valence-corrected chi connectivity index (χ2v) is 8.69. The van der Waals surface area contributed by atoms with Crippen LogP contribution in [0.1, 0.15) is 31.4 Å². The van der Waals surface area contributed by atoms with Crippen molar-refractivity contribution in [3.05, 3.63) is 47.8 Å². The lowest BCUT2D eigenvalue weighted by Crippen LogP contribution is -2.17. The normalized spacial score (nSPS) is 11.7. The van der Waals surface area contributed by atoms with E-state index in [1.807, 2.05) is 13.1 Å². The monoisotopic (exact) mass is 349 g/mol. The number of nitrogens with one attached hydrogen (secondary N) is 1. The van der Waals surface area contributed by atoms with E-state index in [1.165, 1.54) is 0 Å². The van der Waals surface area contributed by atoms with E-state index >= 15 is 0 Å². The largest absolute Gasteiger partial charge is 0.326 e. The van der Waals surface area contributed by atoms with Crippen molar-refractivity contribution >= 4 is 21.4 Å². The van der Waals surface area contributed by atoms with Crippen LogP contribution in [-0.2, 0) is 26.9 Å². The molecule has 2 aromatic rings. The second kappa shape index (κ2) is 7.61. The van der Waals surface area contributed by atoms with Gasteiger partial charge in [0.1, 0.15) is 0 Å². The zero-order valence-corrected chi connectivity index (χ0v) is 15.0. The molecule has 0 bridgehead atoms. The zero-order chi connectivity index (χ0) is 17.7. The molecule has 0 fully saturated rings. The van der Waals surface area contributed by atoms with Gasteiger partial charge in [0.25, 0.3) is 0 Å². The van der Waals surface area contributed by atoms with Crippen molar-refractivity contribution in [3.63, 3.8) is 0 Å². The second-order valence-electron chi connectivity index (χ2n) is 6.14. The first-order valence-electron chi connectivity index (χ1n) is 7.85. The van der Waals surface area contributed by atoms with Crippen molar-refractivity contribution in [1.29, 1.82) is 0 Å². The molecule has 0 aliphatic rings. The summed E-state index contributed by atoms with van der Waals surface area (Å²) in [4.78, 5) is 12.0. The highest BCUT2D eigenvalue weighted by molar-refractivity contribution is 7.91. The number of aromatic nitrogens is 2. The zero-order valence-electron chi connectivity index (χ0n) is 14.2. The minimum atomic E-state index is -3.16. The summed E-state index contributed by atoms with van der Waals surface area (Å²) >= 11 is 0. The quantitative estimate of drug-likeness (QED) is 0.833. The third kappa shape index (κ3) is 5.19. The molecule has 1 N–H and O–H groups in total. The van der Waals surface area contributed by atoms with Crippen molar-refractivity contribution in [1.82, 2.24) is 9.78 Å². The van der Waals surface area contributed by atoms with Gasteiger partial charge in [0.2, 0.25) is 5.91 Å². The summed E-state index contributed by atoms with van der Waals surface area (Å²) < 4.78 is 25.7. The van der Waals surface area contributed by atoms with E-state index in [0.29, 0.717) is 24.2 Å². The smallest absolute Gasteiger partial charge is 0.226 e. The lowest BCUT2D eigenvalue weighted by atomic mass is 10.2. The Morgan fingerprint density at radius 2 is 2.08 bits per heavy atom. The maximum atomic E-state index is 12.0. The van der Waals surface area contributed by atoms with Crippen molar-refractivity contribution in [2.75, 3.05) is 5.32 Å². The van der Waals surface area contributed by atoms with Gasteiger partial charge in [0.15, 0.2) is 9.84 Å². The van der Waals surface area contributed by atoms with Gasteiger partial charge in [-0.2, -0.15) is 5.10 Å². The van der Waals surface area contributed by atoms with Crippen LogP contribution in [0.2, 0.25) is 0 Å². The fourth-order valence-corrected chi connectivity index (χ4v) is 3.14. The van der Waals surface area contributed by atoms with Crippen molar-refractivity contribution in [3.8, 4) is 0 Å². The number of hydrogen-bond acceptors (Lipinski definition) is 4. The molecule has 7 heteroatoms. The highest BCUT2D eigenvalue weighted by atomic mass is 32.2. The molecule has 0 saturated carbocycles. The molecule has 24 heavy (non-hydrogen) atoms. The van der Waals surface area contributed by atoms with E-state index < -0.39 is 15.1 Å². The lowest BCUT2D eigenvalue weighted by molar-refractivity contribution is -0.116. The molecule has 1 aromatic heterocycles. The van der Waals surface area contributed by atoms with E-state index in [1.54, 1.807) is 49.0 Å². The van der Waals surface area contributed by atoms with E-state index in [-0.39, 0.29) is 11.7 Å². The molecule has 0 atom stereocenters. The summed E-state index contributed by atoms with van der Waals surface area (Å²) in [6, 6.07) is 6.96. The third-order valence-electron chi connectivity index (χ3n) is 3.63. The average Bonchev–Trinajstić information content (AvgIpc) is 2.90. The fourth-order valence-electron chi connectivity index (χ4n) is 2.17. The van der Waals surface area contributed by atoms with Crippen LogP contribution in [0.4, 0.5) is 5.69 Å². The summed E-state index contributed by atoms with van der Waals surface area (Å²) in [5.74, 6) is -0.159. The molecule has 1 heterocycles. The Labute approximate surface area is 142 Å². The summed E-state index contributed by atoms with van der Waals surface area (Å²) in [7, 11) is -3.16. The topological polar surface area (TPSA) is 81.1 Å². The Morgan fingerprint density at radius 1 is 1.33 bits per heavy atom. The average molecular weight is 349 g/mol. The number of carbonyl (C=O) groups excluding carboxylic acids is 1. The molecule has 0 unspecified atom stereocenters. The maximum Gasteiger partial charge on any atom is 0.226 e. The van der Waals surface area contributed by atoms with Gasteiger partial charge >= 0.3 is 0 Å². The number of nitrogens with zero attached hydrogens (tertiary/aromatic N) is 2. The van der Waals surface area contributed by atoms with Crippen LogP contribution in [0, 0.1) is 6.92 Å². The molecular formula is C17H23N3O3S. The summed E-state index contributed by atoms with van der Waals surface area (Å²) in [5, 5.41) is 6.51. The van der Waals surface area contributed by atoms with Crippen LogP contribution < -0.4 is 5.32 Å². The van der Waals surface area contributed by atoms with Crippen LogP contribution in [0.15, 0.2) is 36.7 Å². The molecule has 0 aliphatic carbocycles. The molecule has 1 amide bonds. The SMILES string of the molecule is Cc1cnn(CCC(=O)Nc2cccc(CS(=O)(=O)C(C)C)c2)c1. The predicted octanol–water partition coefficient (Wildman–Crippen LogP) is 2.54. The molecule has 6 nitrogen and oxygen atoms in total. The highest BCUT2D eigenvalue weighted by Crippen LogP contribution is 2.16. The van der Waals surface area contributed by atoms with Crippen LogP contribution >= 0.6 is 0 Å². The fraction of sp³-hybridized carbons (Fsp3) is 0.412. The Morgan fingerprint density at radius 3 is 2.71 bits per heavy atom. The first kappa shape index (κ1) is 18.2. The van der Waals surface area contributed by atoms with E-state index in [4.69, 9.17) is 0 Å². The number of amides is 1. The molecule has 2 rings (SSSR count). The van der Waals surface area contributed by atoms with E-state index in [2.05, 4.69) is 10.4 Å². The lowest BCUT2D eigenvalue weighted by Gasteiger charge is -2.10. The van der Waals surface area contributed by atoms with Gasteiger partial charge in [0, 0.05) is 24.8 Å². The summed E-state index contributed by atoms with van der Waals surface area (Å²) in [6.45, 7) is 5.78. The first-order chi connectivity index (χ1) is 11.3. The molecule has 0 radical (unpaired) electrons. The first-order valence-corrected chi connectivity index (χ1v) is 9.57. The minimum Gasteiger partial charge on any atom is -0.326 e. The molecule has 130 valence electrons. The van der Waals surface area contributed by atoms with E-state index in [9.17, 15) is 13.2 Å². The van der Waals surface area contributed by atoms with Crippen molar-refractivity contribution in [2.45, 2.75) is 44.7 Å². The van der Waals surface area contributed by atoms with Crippen LogP contribution in [0.25, 0.3) is 0 Å². The van der Waals surface area contributed by atoms with Gasteiger partial charge < -0.3 is 5.32 Å². The predicted molar refractivity (Wildman–Crippen MR) is 94.4 cm³/mol. The van der Waals surface area contributed by atoms with Gasteiger partial charge in [-0.1, -0.05) is 12.1 Å². The standard InChI is InChI=1S/C17H23N3O3S/c1-13(2)24(22,23)12-15-5-4-6-16(9-15)19-17(21)7-8-20-11-14(3)10-18-20/h4-6,9-11,13H,7-8,12H2,1-3H3,(H,19,21). The Balaban J connectivity index is 1.95. The summed E-state index contributed by atoms with van der Waals surface area (Å²) in [5.41, 5.74) is 2.33. The van der Waals surface area contributed by atoms with Gasteiger partial charge in [-0.3, -0.25) is 9.48 Å². The molecule has 0 saturated heterocycles. The number of hydrogen-bond donors (Lipinski definition) is 1. The molecule has 1 aromatic carbocycles. The van der Waals surface area contributed by atoms with Crippen molar-refractivity contribution < 1.29 is 13.2 Å². The van der Waals surface area contributed by atoms with Crippen LogP contribution in [-0.4, -0.2) is 29.4 Å². The van der Waals surface area contributed by atoms with Gasteiger partial charge in [-0.15, -0.1) is 0 Å². The minimum absolute atomic E-state index is 0.0268. The highest BCUT2D eigenvalue weighted by Gasteiger charge is 2.17. The van der Waals surface area contributed by atoms with Crippen LogP contribution in [0.5, 0.6) is 0 Å². The van der Waals surface area contributed by atoms with Crippen LogP contribution in [0.3, 0.4) is 0 Å². The number of anilines is 1. The Hall–Kier alpha value is -2.15. The van der Waals surface area contributed by atoms with Gasteiger partial charge in [-0.25, -0.2) is 8.42 Å². The Bertz CT molecular complexity index is 810. The molecular weight excluding hydrogens is 326 g/mol. The summed E-state index contributed by atoms with van der Waals surface area (Å²) in [6.07, 6.45) is 3.93. The van der Waals surface area contributed by atoms with Gasteiger partial charge in [-0.05, 0) is 44.0 Å². The van der Waals surface area contributed by atoms with Crippen molar-refractivity contribution in [2.24, 2.45) is 0 Å². The molecule has 0 aliphatic heterocycles. The maximum absolute atomic E-state index is 12.0. The number of carbonyl (C=O) groups is 1. The molecule has 0 spiro atoms. The number of sulfone groups is 1. The van der Waals surface area contributed by atoms with Gasteiger partial charge in [0.05, 0.1) is 17.2 Å². The number of rotatable bonds is 7.